The Bertz CT molecular complexity index is 3560. The van der Waals surface area contributed by atoms with Gasteiger partial charge in [-0.3, -0.25) is 0 Å². The van der Waals surface area contributed by atoms with Crippen molar-refractivity contribution < 1.29 is 0 Å². The first-order valence-electron chi connectivity index (χ1n) is 23.1. The molecule has 1 aromatic heterocycles. The Labute approximate surface area is 391 Å². The molecule has 0 saturated heterocycles. The van der Waals surface area contributed by atoms with Crippen LogP contribution >= 0.6 is 0 Å². The predicted octanol–water partition coefficient (Wildman–Crippen LogP) is 16.5. The van der Waals surface area contributed by atoms with Crippen molar-refractivity contribution in [3.05, 3.63) is 277 Å². The van der Waals surface area contributed by atoms with Crippen molar-refractivity contribution in [2.45, 2.75) is 5.41 Å². The molecule has 2 aliphatic carbocycles. The van der Waals surface area contributed by atoms with Gasteiger partial charge in [0, 0.05) is 16.7 Å². The lowest BCUT2D eigenvalue weighted by Gasteiger charge is -2.35. The van der Waals surface area contributed by atoms with Crippen LogP contribution in [-0.4, -0.2) is 9.97 Å². The summed E-state index contributed by atoms with van der Waals surface area (Å²) in [6, 6.07) is 92.6. The van der Waals surface area contributed by atoms with Crippen LogP contribution in [0.2, 0.25) is 0 Å². The molecule has 0 aliphatic heterocycles. The molecular formula is C65H42N2. The van der Waals surface area contributed by atoms with Gasteiger partial charge in [-0.25, -0.2) is 9.97 Å². The van der Waals surface area contributed by atoms with Crippen molar-refractivity contribution in [3.8, 4) is 101 Å². The Hall–Kier alpha value is -8.72. The molecular weight excluding hydrogens is 809 g/mol. The Balaban J connectivity index is 1.05. The largest absolute Gasteiger partial charge is 0.228 e. The molecule has 0 saturated carbocycles. The Morgan fingerprint density at radius 3 is 1.12 bits per heavy atom. The maximum atomic E-state index is 5.48. The third kappa shape index (κ3) is 6.33. The summed E-state index contributed by atoms with van der Waals surface area (Å²) < 4.78 is 0. The fourth-order valence-corrected chi connectivity index (χ4v) is 10.9. The highest BCUT2D eigenvalue weighted by Gasteiger charge is 2.49. The van der Waals surface area contributed by atoms with E-state index in [2.05, 4.69) is 255 Å². The molecule has 67 heavy (non-hydrogen) atoms. The van der Waals surface area contributed by atoms with E-state index in [-0.39, 0.29) is 0 Å². The van der Waals surface area contributed by atoms with E-state index in [9.17, 15) is 0 Å². The first kappa shape index (κ1) is 38.7. The highest BCUT2D eigenvalue weighted by atomic mass is 14.9. The van der Waals surface area contributed by atoms with Gasteiger partial charge < -0.3 is 0 Å². The van der Waals surface area contributed by atoms with Crippen LogP contribution in [0.4, 0.5) is 0 Å². The molecule has 0 fully saturated rings. The molecule has 2 aliphatic rings. The lowest BCUT2D eigenvalue weighted by Crippen LogP contribution is -2.29. The lowest BCUT2D eigenvalue weighted by molar-refractivity contribution is 0.775. The van der Waals surface area contributed by atoms with Gasteiger partial charge >= 0.3 is 0 Å². The van der Waals surface area contributed by atoms with E-state index < -0.39 is 5.41 Å². The van der Waals surface area contributed by atoms with E-state index in [0.717, 1.165) is 61.5 Å². The number of rotatable bonds is 6. The van der Waals surface area contributed by atoms with Crippen molar-refractivity contribution in [3.63, 3.8) is 0 Å². The molecule has 2 heteroatoms. The highest BCUT2D eigenvalue weighted by Crippen LogP contribution is 2.61. The molecule has 0 amide bonds. The molecule has 1 heterocycles. The quantitative estimate of drug-likeness (QED) is 0.167. The van der Waals surface area contributed by atoms with Crippen LogP contribution < -0.4 is 0 Å². The second kappa shape index (κ2) is 15.8. The van der Waals surface area contributed by atoms with Crippen LogP contribution in [0.5, 0.6) is 0 Å². The van der Waals surface area contributed by atoms with Crippen molar-refractivity contribution in [2.24, 2.45) is 0 Å². The van der Waals surface area contributed by atoms with E-state index in [1.165, 1.54) is 55.6 Å². The average Bonchev–Trinajstić information content (AvgIpc) is 3.65. The van der Waals surface area contributed by atoms with Gasteiger partial charge in [-0.1, -0.05) is 218 Å². The van der Waals surface area contributed by atoms with Crippen LogP contribution in [0.3, 0.4) is 0 Å². The molecule has 0 atom stereocenters. The van der Waals surface area contributed by atoms with Gasteiger partial charge in [-0.05, 0) is 125 Å². The fraction of sp³-hybridized carbons (Fsp3) is 0.0154. The third-order valence-electron chi connectivity index (χ3n) is 13.9. The van der Waals surface area contributed by atoms with Crippen LogP contribution in [-0.2, 0) is 5.41 Å². The second-order valence-corrected chi connectivity index (χ2v) is 17.6. The minimum absolute atomic E-state index is 0.553. The number of benzene rings is 10. The Morgan fingerprint density at radius 2 is 0.582 bits per heavy atom. The van der Waals surface area contributed by atoms with Gasteiger partial charge in [-0.15, -0.1) is 0 Å². The molecule has 13 rings (SSSR count). The van der Waals surface area contributed by atoms with E-state index in [0.29, 0.717) is 5.82 Å². The molecule has 10 aromatic carbocycles. The zero-order valence-corrected chi connectivity index (χ0v) is 36.6. The first-order chi connectivity index (χ1) is 33.2. The van der Waals surface area contributed by atoms with Gasteiger partial charge in [0.2, 0.25) is 0 Å². The lowest BCUT2D eigenvalue weighted by atomic mass is 9.66. The molecule has 0 radical (unpaired) electrons. The summed E-state index contributed by atoms with van der Waals surface area (Å²) in [6.45, 7) is 0. The summed E-state index contributed by atoms with van der Waals surface area (Å²) in [6.07, 6.45) is 0. The van der Waals surface area contributed by atoms with Crippen molar-refractivity contribution in [1.82, 2.24) is 9.97 Å². The highest BCUT2D eigenvalue weighted by molar-refractivity contribution is 5.98. The number of hydrogen-bond acceptors (Lipinski definition) is 2. The van der Waals surface area contributed by atoms with E-state index in [1.807, 2.05) is 0 Å². The molecule has 312 valence electrons. The number of nitrogens with zero attached hydrogens (tertiary/aromatic N) is 2. The molecule has 0 bridgehead atoms. The summed E-state index contributed by atoms with van der Waals surface area (Å²) in [5, 5.41) is 0. The minimum atomic E-state index is -0.553. The normalized spacial score (nSPS) is 12.6. The summed E-state index contributed by atoms with van der Waals surface area (Å²) in [4.78, 5) is 10.9. The van der Waals surface area contributed by atoms with E-state index in [4.69, 9.17) is 9.97 Å². The third-order valence-corrected chi connectivity index (χ3v) is 13.9. The van der Waals surface area contributed by atoms with Gasteiger partial charge in [0.25, 0.3) is 0 Å². The van der Waals surface area contributed by atoms with Crippen LogP contribution in [0.1, 0.15) is 22.3 Å². The standard InChI is InChI=1S/C65H42N2/c1-4-19-43(20-5-1)46-25-18-26-48(37-46)64-66-62(42-63(67-64)51-39-49(44-21-6-2-7-22-44)38-50(40-51)45-23-8-3-9-24-45)47-35-36-61-57(41-47)56-31-14-17-34-60(56)65(61)58-32-15-12-29-54(58)52-27-10-11-28-53(52)55-30-13-16-33-59(55)65/h1-42H. The SMILES string of the molecule is c1ccc(-c2cc(-c3ccccc3)cc(-c3cc(-c4ccc5c(c4)-c4ccccc4C54c5ccccc5-c5ccccc5-c5ccccc54)nc(-c4cccc(-c5ccccc5)c4)n3)c2)cc1. The van der Waals surface area contributed by atoms with E-state index in [1.54, 1.807) is 0 Å². The van der Waals surface area contributed by atoms with Gasteiger partial charge in [0.15, 0.2) is 5.82 Å². The molecule has 0 N–H and O–H groups in total. The van der Waals surface area contributed by atoms with E-state index >= 15 is 0 Å². The number of aromatic nitrogens is 2. The van der Waals surface area contributed by atoms with Crippen molar-refractivity contribution in [1.29, 1.82) is 0 Å². The topological polar surface area (TPSA) is 25.8 Å². The van der Waals surface area contributed by atoms with Gasteiger partial charge in [-0.2, -0.15) is 0 Å². The summed E-state index contributed by atoms with van der Waals surface area (Å²) >= 11 is 0. The van der Waals surface area contributed by atoms with Crippen LogP contribution in [0, 0.1) is 0 Å². The molecule has 11 aromatic rings. The maximum absolute atomic E-state index is 5.48. The average molecular weight is 851 g/mol. The van der Waals surface area contributed by atoms with Crippen molar-refractivity contribution in [2.75, 3.05) is 0 Å². The molecule has 1 spiro atoms. The van der Waals surface area contributed by atoms with Crippen molar-refractivity contribution >= 4 is 0 Å². The summed E-state index contributed by atoms with van der Waals surface area (Å²) in [5.74, 6) is 0.679. The fourth-order valence-electron chi connectivity index (χ4n) is 10.9. The number of hydrogen-bond donors (Lipinski definition) is 0. The Morgan fingerprint density at radius 1 is 0.209 bits per heavy atom. The monoisotopic (exact) mass is 850 g/mol. The zero-order chi connectivity index (χ0) is 44.3. The Kier molecular flexibility index (Phi) is 9.11. The molecule has 2 nitrogen and oxygen atoms in total. The minimum Gasteiger partial charge on any atom is -0.228 e. The zero-order valence-electron chi connectivity index (χ0n) is 36.6. The second-order valence-electron chi connectivity index (χ2n) is 17.6. The smallest absolute Gasteiger partial charge is 0.160 e. The number of fused-ring (bicyclic) bond motifs is 12. The predicted molar refractivity (Wildman–Crippen MR) is 276 cm³/mol. The van der Waals surface area contributed by atoms with Gasteiger partial charge in [0.05, 0.1) is 16.8 Å². The van der Waals surface area contributed by atoms with Crippen LogP contribution in [0.25, 0.3) is 101 Å². The first-order valence-corrected chi connectivity index (χ1v) is 23.1. The summed E-state index contributed by atoms with van der Waals surface area (Å²) in [5.41, 5.74) is 23.7. The van der Waals surface area contributed by atoms with Crippen LogP contribution in [0.15, 0.2) is 255 Å². The maximum Gasteiger partial charge on any atom is 0.160 e. The summed E-state index contributed by atoms with van der Waals surface area (Å²) in [7, 11) is 0. The molecule has 0 unspecified atom stereocenters. The van der Waals surface area contributed by atoms with Gasteiger partial charge in [0.1, 0.15) is 0 Å².